The average Bonchev–Trinajstić information content (AvgIpc) is 3.40. The minimum atomic E-state index is -9.97. The number of fused-ring (bicyclic) bond motifs is 3. The molecular weight excluding hydrogens is 621 g/mol. The van der Waals surface area contributed by atoms with Gasteiger partial charge in [-0.15, -0.1) is 5.10 Å². The topological polar surface area (TPSA) is 106 Å². The predicted octanol–water partition coefficient (Wildman–Crippen LogP) is 5.49. The Balaban J connectivity index is 1.45. The summed E-state index contributed by atoms with van der Waals surface area (Å²) in [6, 6.07) is 0.0410. The second kappa shape index (κ2) is 9.90. The number of nitrogens with one attached hydrogen (secondary N) is 2. The molecule has 1 amide bonds. The lowest BCUT2D eigenvalue weighted by atomic mass is 10.0. The maximum atomic E-state index is 13.9. The first kappa shape index (κ1) is 29.8. The molecular formula is C26H29ClF5N7O3S. The zero-order valence-corrected chi connectivity index (χ0v) is 24.5. The van der Waals surface area contributed by atoms with Crippen molar-refractivity contribution in [3.63, 3.8) is 0 Å². The highest BCUT2D eigenvalue weighted by Gasteiger charge is 2.65. The van der Waals surface area contributed by atoms with Crippen LogP contribution in [0, 0.1) is 0 Å². The van der Waals surface area contributed by atoms with Gasteiger partial charge in [-0.2, -0.15) is 9.50 Å². The van der Waals surface area contributed by atoms with Crippen LogP contribution >= 0.6 is 21.8 Å². The summed E-state index contributed by atoms with van der Waals surface area (Å²) >= 11 is 5.95. The van der Waals surface area contributed by atoms with E-state index in [0.29, 0.717) is 61.6 Å². The second-order valence-electron chi connectivity index (χ2n) is 11.0. The van der Waals surface area contributed by atoms with Crippen molar-refractivity contribution in [1.82, 2.24) is 24.5 Å². The van der Waals surface area contributed by atoms with Crippen LogP contribution in [0.5, 0.6) is 0 Å². The Labute approximate surface area is 247 Å². The van der Waals surface area contributed by atoms with E-state index in [9.17, 15) is 29.0 Å². The molecule has 1 aromatic carbocycles. The lowest BCUT2D eigenvalue weighted by molar-refractivity contribution is -0.119. The fourth-order valence-electron chi connectivity index (χ4n) is 5.82. The molecule has 2 aromatic heterocycles. The molecule has 3 aromatic rings. The summed E-state index contributed by atoms with van der Waals surface area (Å²) in [7, 11) is -9.97. The Morgan fingerprint density at radius 2 is 1.93 bits per heavy atom. The van der Waals surface area contributed by atoms with Crippen LogP contribution in [0.3, 0.4) is 0 Å². The third-order valence-corrected chi connectivity index (χ3v) is 9.32. The molecule has 0 unspecified atom stereocenters. The van der Waals surface area contributed by atoms with Gasteiger partial charge in [-0.1, -0.05) is 44.0 Å². The number of aromatic nitrogens is 4. The Kier molecular flexibility index (Phi) is 6.87. The van der Waals surface area contributed by atoms with Crippen LogP contribution < -0.4 is 21.1 Å². The number of hydrogen-bond acceptors (Lipinski definition) is 7. The molecule has 2 atom stereocenters. The Morgan fingerprint density at radius 1 is 1.19 bits per heavy atom. The van der Waals surface area contributed by atoms with Crippen LogP contribution in [0.2, 0.25) is 5.02 Å². The van der Waals surface area contributed by atoms with E-state index in [1.165, 1.54) is 4.52 Å². The van der Waals surface area contributed by atoms with Gasteiger partial charge in [0, 0.05) is 44.3 Å². The molecule has 5 heterocycles. The molecule has 43 heavy (non-hydrogen) atoms. The van der Waals surface area contributed by atoms with E-state index in [4.69, 9.17) is 16.3 Å². The van der Waals surface area contributed by atoms with E-state index < -0.39 is 32.1 Å². The molecule has 1 fully saturated rings. The molecule has 6 rings (SSSR count). The van der Waals surface area contributed by atoms with Crippen molar-refractivity contribution >= 4 is 50.5 Å². The monoisotopic (exact) mass is 649 g/mol. The van der Waals surface area contributed by atoms with Crippen LogP contribution in [0.15, 0.2) is 34.0 Å². The fraction of sp³-hybridized carbons (Fsp3) is 0.462. The van der Waals surface area contributed by atoms with Crippen molar-refractivity contribution in [1.29, 1.82) is 0 Å². The maximum Gasteiger partial charge on any atom is 0.310 e. The number of anilines is 2. The third-order valence-electron chi connectivity index (χ3n) is 7.87. The van der Waals surface area contributed by atoms with Crippen molar-refractivity contribution in [3.8, 4) is 0 Å². The molecule has 0 spiro atoms. The van der Waals surface area contributed by atoms with Crippen molar-refractivity contribution in [2.24, 2.45) is 0 Å². The minimum Gasteiger partial charge on any atom is -0.377 e. The molecule has 3 aliphatic heterocycles. The van der Waals surface area contributed by atoms with Crippen LogP contribution in [0.1, 0.15) is 49.7 Å². The fourth-order valence-corrected chi connectivity index (χ4v) is 6.77. The number of carbonyl (C=O) groups excluding carboxylic acids is 1. The van der Waals surface area contributed by atoms with Crippen LogP contribution in [-0.4, -0.2) is 64.5 Å². The number of nitrogens with zero attached hydrogens (tertiary/aromatic N) is 5. The molecule has 0 radical (unpaired) electrons. The van der Waals surface area contributed by atoms with E-state index in [1.54, 1.807) is 4.57 Å². The van der Waals surface area contributed by atoms with Gasteiger partial charge in [0.1, 0.15) is 16.6 Å². The molecule has 2 N–H and O–H groups in total. The van der Waals surface area contributed by atoms with Gasteiger partial charge in [0.05, 0.1) is 23.0 Å². The molecule has 1 saturated heterocycles. The smallest absolute Gasteiger partial charge is 0.310 e. The van der Waals surface area contributed by atoms with Gasteiger partial charge in [-0.25, -0.2) is 0 Å². The second-order valence-corrected chi connectivity index (χ2v) is 13.8. The summed E-state index contributed by atoms with van der Waals surface area (Å²) in [5.74, 6) is -0.527. The van der Waals surface area contributed by atoms with Crippen LogP contribution in [-0.2, 0) is 9.53 Å². The highest BCUT2D eigenvalue weighted by molar-refractivity contribution is 8.45. The molecule has 0 bridgehead atoms. The third kappa shape index (κ3) is 5.60. The first-order chi connectivity index (χ1) is 20.1. The van der Waals surface area contributed by atoms with Gasteiger partial charge in [0.15, 0.2) is 5.82 Å². The van der Waals surface area contributed by atoms with Gasteiger partial charge in [0.25, 0.3) is 5.56 Å². The summed E-state index contributed by atoms with van der Waals surface area (Å²) < 4.78 is 75.0. The Hall–Kier alpha value is -3.21. The predicted molar refractivity (Wildman–Crippen MR) is 154 cm³/mol. The summed E-state index contributed by atoms with van der Waals surface area (Å²) in [4.78, 5) is 32.1. The maximum absolute atomic E-state index is 13.9. The van der Waals surface area contributed by atoms with Crippen molar-refractivity contribution < 1.29 is 29.0 Å². The first-order valence-electron chi connectivity index (χ1n) is 13.7. The molecule has 3 aliphatic rings. The molecule has 234 valence electrons. The van der Waals surface area contributed by atoms with Gasteiger partial charge < -0.3 is 20.3 Å². The first-order valence-corrected chi connectivity index (χ1v) is 16.1. The number of ether oxygens (including phenoxy) is 1. The van der Waals surface area contributed by atoms with Gasteiger partial charge in [-0.05, 0) is 37.5 Å². The zero-order chi connectivity index (χ0) is 30.8. The Bertz CT molecular complexity index is 1720. The summed E-state index contributed by atoms with van der Waals surface area (Å²) in [6.45, 7) is 5.10. The summed E-state index contributed by atoms with van der Waals surface area (Å²) in [5, 5.41) is 9.58. The van der Waals surface area contributed by atoms with Gasteiger partial charge in [0.2, 0.25) is 11.7 Å². The number of carbonyl (C=O) groups is 1. The van der Waals surface area contributed by atoms with Gasteiger partial charge >= 0.3 is 10.2 Å². The number of hydrogen-bond donors (Lipinski definition) is 2. The SMILES string of the molecule is C[C@H]1C[C@@H](C(=O)Nc2ccc(S(F)(F)(F)(F)F)cc2Cl)n2c1c(N1CCNCC1)c(=O)n1nc(C3=CCCCOC3)nc21. The number of halogens is 6. The summed E-state index contributed by atoms with van der Waals surface area (Å²) in [6.07, 6.45) is 3.76. The molecule has 0 saturated carbocycles. The zero-order valence-electron chi connectivity index (χ0n) is 23.0. The Morgan fingerprint density at radius 3 is 2.63 bits per heavy atom. The van der Waals surface area contributed by atoms with E-state index >= 15 is 0 Å². The van der Waals surface area contributed by atoms with Crippen molar-refractivity contribution in [2.75, 3.05) is 49.6 Å². The van der Waals surface area contributed by atoms with Crippen LogP contribution in [0.25, 0.3) is 11.4 Å². The van der Waals surface area contributed by atoms with Crippen LogP contribution in [0.4, 0.5) is 30.8 Å². The van der Waals surface area contributed by atoms with E-state index in [1.807, 2.05) is 17.9 Å². The number of allylic oxidation sites excluding steroid dienone is 1. The molecule has 17 heteroatoms. The number of benzene rings is 1. The van der Waals surface area contributed by atoms with E-state index in [-0.39, 0.29) is 48.1 Å². The van der Waals surface area contributed by atoms with Crippen molar-refractivity contribution in [3.05, 3.63) is 51.2 Å². The molecule has 10 nitrogen and oxygen atoms in total. The minimum absolute atomic E-state index is 0.106. The number of amides is 1. The average molecular weight is 650 g/mol. The molecule has 0 aliphatic carbocycles. The lowest BCUT2D eigenvalue weighted by Crippen LogP contribution is -2.46. The highest BCUT2D eigenvalue weighted by Crippen LogP contribution is 3.02. The van der Waals surface area contributed by atoms with Crippen molar-refractivity contribution in [2.45, 2.75) is 43.0 Å². The number of rotatable bonds is 5. The lowest BCUT2D eigenvalue weighted by Gasteiger charge is -2.40. The van der Waals surface area contributed by atoms with E-state index in [2.05, 4.69) is 20.7 Å². The number of piperazine rings is 1. The standard InChI is InChI=1S/C26H29ClF5N7O3S/c1-15-12-20(24(40)34-19-6-5-17(13-18(19)27)43(28,29,30,31)32)38-21(15)22(37-9-7-33-8-10-37)25(41)39-26(38)35-23(36-39)16-4-2-3-11-42-14-16/h4-6,13,15,20,33H,2-3,7-12,14H2,1H3,(H,34,40)/t15-,20-/m0/s1. The van der Waals surface area contributed by atoms with Gasteiger partial charge in [-0.3, -0.25) is 14.2 Å². The largest absolute Gasteiger partial charge is 0.377 e. The summed E-state index contributed by atoms with van der Waals surface area (Å²) in [5.41, 5.74) is 1.06. The normalized spacial score (nSPS) is 22.9. The quantitative estimate of drug-likeness (QED) is 0.352. The highest BCUT2D eigenvalue weighted by atomic mass is 35.5. The van der Waals surface area contributed by atoms with E-state index in [0.717, 1.165) is 12.8 Å².